The molecular formula is C21H23N3OS. The molecule has 134 valence electrons. The fourth-order valence-electron chi connectivity index (χ4n) is 3.66. The normalized spacial score (nSPS) is 18.1. The summed E-state index contributed by atoms with van der Waals surface area (Å²) in [5.74, 6) is 0.459. The van der Waals surface area contributed by atoms with Crippen LogP contribution < -0.4 is 0 Å². The van der Waals surface area contributed by atoms with Crippen molar-refractivity contribution >= 4 is 17.1 Å². The van der Waals surface area contributed by atoms with Crippen molar-refractivity contribution in [3.8, 4) is 5.69 Å². The predicted molar refractivity (Wildman–Crippen MR) is 105 cm³/mol. The lowest BCUT2D eigenvalue weighted by molar-refractivity contribution is 0.0815. The Kier molecular flexibility index (Phi) is 5.00. The molecule has 3 heterocycles. The molecule has 1 atom stereocenters. The maximum absolute atomic E-state index is 12.8. The average Bonchev–Trinajstić information content (AvgIpc) is 3.34. The molecule has 0 amide bonds. The van der Waals surface area contributed by atoms with Gasteiger partial charge in [-0.1, -0.05) is 12.1 Å². The molecule has 26 heavy (non-hydrogen) atoms. The second kappa shape index (κ2) is 7.56. The van der Waals surface area contributed by atoms with Crippen molar-refractivity contribution in [3.05, 3.63) is 70.2 Å². The molecule has 3 aromatic rings. The summed E-state index contributed by atoms with van der Waals surface area (Å²) in [7, 11) is 0. The van der Waals surface area contributed by atoms with Crippen LogP contribution in [0.3, 0.4) is 0 Å². The van der Waals surface area contributed by atoms with Gasteiger partial charge in [0.15, 0.2) is 5.78 Å². The molecule has 0 radical (unpaired) electrons. The van der Waals surface area contributed by atoms with Gasteiger partial charge in [0.25, 0.3) is 0 Å². The van der Waals surface area contributed by atoms with E-state index < -0.39 is 0 Å². The van der Waals surface area contributed by atoms with Gasteiger partial charge >= 0.3 is 0 Å². The number of nitrogens with zero attached hydrogens (tertiary/aromatic N) is 3. The van der Waals surface area contributed by atoms with Crippen molar-refractivity contribution < 1.29 is 4.79 Å². The molecule has 1 aromatic carbocycles. The summed E-state index contributed by atoms with van der Waals surface area (Å²) in [5.41, 5.74) is 3.46. The molecule has 1 saturated heterocycles. The van der Waals surface area contributed by atoms with Gasteiger partial charge in [-0.05, 0) is 67.1 Å². The van der Waals surface area contributed by atoms with Crippen molar-refractivity contribution in [2.24, 2.45) is 5.92 Å². The maximum Gasteiger partial charge on any atom is 0.177 e. The summed E-state index contributed by atoms with van der Waals surface area (Å²) in [4.78, 5) is 16.2. The van der Waals surface area contributed by atoms with Gasteiger partial charge in [-0.15, -0.1) is 11.3 Å². The van der Waals surface area contributed by atoms with Crippen molar-refractivity contribution in [2.75, 3.05) is 13.1 Å². The highest BCUT2D eigenvalue weighted by atomic mass is 32.1. The number of likely N-dealkylation sites (tertiary alicyclic amines) is 1. The van der Waals surface area contributed by atoms with Gasteiger partial charge in [-0.25, -0.2) is 4.68 Å². The summed E-state index contributed by atoms with van der Waals surface area (Å²) in [6.45, 7) is 4.85. The summed E-state index contributed by atoms with van der Waals surface area (Å²) in [5, 5.41) is 6.28. The number of hydrogen-bond donors (Lipinski definition) is 0. The van der Waals surface area contributed by atoms with Crippen LogP contribution in [0, 0.1) is 12.8 Å². The molecule has 0 saturated carbocycles. The van der Waals surface area contributed by atoms with E-state index in [9.17, 15) is 4.79 Å². The number of rotatable bonds is 5. The number of carbonyl (C=O) groups excluding carboxylic acids is 1. The Morgan fingerprint density at radius 1 is 1.27 bits per heavy atom. The Hall–Kier alpha value is -2.24. The Labute approximate surface area is 158 Å². The van der Waals surface area contributed by atoms with Crippen LogP contribution in [0.2, 0.25) is 0 Å². The van der Waals surface area contributed by atoms with Gasteiger partial charge in [-0.3, -0.25) is 9.69 Å². The van der Waals surface area contributed by atoms with E-state index in [-0.39, 0.29) is 5.92 Å². The topological polar surface area (TPSA) is 38.1 Å². The molecule has 1 aliphatic rings. The number of benzene rings is 1. The monoisotopic (exact) mass is 365 g/mol. The number of ketones is 1. The summed E-state index contributed by atoms with van der Waals surface area (Å²) < 4.78 is 1.86. The number of piperidine rings is 1. The van der Waals surface area contributed by atoms with Crippen molar-refractivity contribution in [2.45, 2.75) is 26.3 Å². The fourth-order valence-corrected chi connectivity index (χ4v) is 4.60. The zero-order valence-corrected chi connectivity index (χ0v) is 15.8. The van der Waals surface area contributed by atoms with Crippen LogP contribution in [-0.2, 0) is 6.54 Å². The van der Waals surface area contributed by atoms with Crippen LogP contribution in [0.5, 0.6) is 0 Å². The van der Waals surface area contributed by atoms with Gasteiger partial charge in [0, 0.05) is 31.4 Å². The molecule has 2 aromatic heterocycles. The fraction of sp³-hybridized carbons (Fsp3) is 0.333. The largest absolute Gasteiger partial charge is 0.298 e. The van der Waals surface area contributed by atoms with Gasteiger partial charge < -0.3 is 0 Å². The summed E-state index contributed by atoms with van der Waals surface area (Å²) in [6.07, 6.45) is 5.83. The number of aryl methyl sites for hydroxylation is 1. The first-order chi connectivity index (χ1) is 12.7. The Morgan fingerprint density at radius 3 is 2.81 bits per heavy atom. The lowest BCUT2D eigenvalue weighted by atomic mass is 9.92. The van der Waals surface area contributed by atoms with Crippen LogP contribution >= 0.6 is 11.3 Å². The van der Waals surface area contributed by atoms with Gasteiger partial charge in [0.1, 0.15) is 0 Å². The average molecular weight is 366 g/mol. The zero-order chi connectivity index (χ0) is 17.9. The smallest absolute Gasteiger partial charge is 0.177 e. The van der Waals surface area contributed by atoms with Crippen LogP contribution in [0.1, 0.15) is 33.6 Å². The predicted octanol–water partition coefficient (Wildman–Crippen LogP) is 4.34. The minimum absolute atomic E-state index is 0.129. The highest BCUT2D eigenvalue weighted by molar-refractivity contribution is 7.12. The molecule has 4 rings (SSSR count). The molecular weight excluding hydrogens is 342 g/mol. The molecule has 0 aliphatic carbocycles. The van der Waals surface area contributed by atoms with E-state index in [0.717, 1.165) is 48.6 Å². The molecule has 0 bridgehead atoms. The number of thiophene rings is 1. The second-order valence-corrected chi connectivity index (χ2v) is 7.90. The molecule has 1 aliphatic heterocycles. The third-order valence-electron chi connectivity index (χ3n) is 5.07. The first kappa shape index (κ1) is 17.2. The zero-order valence-electron chi connectivity index (χ0n) is 15.0. The SMILES string of the molecule is Cc1ccsc1C(=O)[C@@H]1CCCN(Cc2ccc(-n3cccn3)cc2)C1. The second-order valence-electron chi connectivity index (χ2n) is 6.99. The van der Waals surface area contributed by atoms with E-state index in [0.29, 0.717) is 5.78 Å². The highest BCUT2D eigenvalue weighted by Crippen LogP contribution is 2.26. The molecule has 0 unspecified atom stereocenters. The quantitative estimate of drug-likeness (QED) is 0.632. The van der Waals surface area contributed by atoms with E-state index in [2.05, 4.69) is 34.3 Å². The van der Waals surface area contributed by atoms with E-state index in [4.69, 9.17) is 0 Å². The van der Waals surface area contributed by atoms with Crippen LogP contribution in [0.4, 0.5) is 0 Å². The summed E-state index contributed by atoms with van der Waals surface area (Å²) in [6, 6.07) is 12.5. The van der Waals surface area contributed by atoms with E-state index in [1.54, 1.807) is 17.5 Å². The van der Waals surface area contributed by atoms with Crippen molar-refractivity contribution in [3.63, 3.8) is 0 Å². The molecule has 0 spiro atoms. The van der Waals surface area contributed by atoms with Crippen LogP contribution in [-0.4, -0.2) is 33.6 Å². The maximum atomic E-state index is 12.8. The molecule has 4 nitrogen and oxygen atoms in total. The first-order valence-corrected chi connectivity index (χ1v) is 9.98. The van der Waals surface area contributed by atoms with Crippen LogP contribution in [0.25, 0.3) is 5.69 Å². The Bertz CT molecular complexity index is 867. The molecule has 5 heteroatoms. The first-order valence-electron chi connectivity index (χ1n) is 9.10. The van der Waals surface area contributed by atoms with E-state index >= 15 is 0 Å². The Morgan fingerprint density at radius 2 is 2.12 bits per heavy atom. The third-order valence-corrected chi connectivity index (χ3v) is 6.10. The van der Waals surface area contributed by atoms with E-state index in [1.807, 2.05) is 35.3 Å². The highest BCUT2D eigenvalue weighted by Gasteiger charge is 2.28. The van der Waals surface area contributed by atoms with Crippen LogP contribution in [0.15, 0.2) is 54.2 Å². The number of aromatic nitrogens is 2. The lowest BCUT2D eigenvalue weighted by Gasteiger charge is -2.32. The van der Waals surface area contributed by atoms with Crippen molar-refractivity contribution in [1.82, 2.24) is 14.7 Å². The third kappa shape index (κ3) is 3.64. The number of Topliss-reactive ketones (excluding diaryl/α,β-unsaturated/α-hetero) is 1. The van der Waals surface area contributed by atoms with Gasteiger partial charge in [0.05, 0.1) is 10.6 Å². The Balaban J connectivity index is 1.40. The molecule has 0 N–H and O–H groups in total. The minimum atomic E-state index is 0.129. The van der Waals surface area contributed by atoms with Gasteiger partial charge in [0.2, 0.25) is 0 Å². The van der Waals surface area contributed by atoms with E-state index in [1.165, 1.54) is 5.56 Å². The van der Waals surface area contributed by atoms with Gasteiger partial charge in [-0.2, -0.15) is 5.10 Å². The molecule has 1 fully saturated rings. The number of carbonyl (C=O) groups is 1. The number of hydrogen-bond acceptors (Lipinski definition) is 4. The van der Waals surface area contributed by atoms with Crippen molar-refractivity contribution in [1.29, 1.82) is 0 Å². The minimum Gasteiger partial charge on any atom is -0.298 e. The standard InChI is InChI=1S/C21H23N3OS/c1-16-9-13-26-21(16)20(25)18-4-2-11-23(15-18)14-17-5-7-19(8-6-17)24-12-3-10-22-24/h3,5-10,12-13,18H,2,4,11,14-15H2,1H3/t18-/m1/s1. The lowest BCUT2D eigenvalue weighted by Crippen LogP contribution is -2.38. The summed E-state index contributed by atoms with van der Waals surface area (Å²) >= 11 is 1.58.